The zero-order valence-corrected chi connectivity index (χ0v) is 13.8. The molecular formula is C21H17N3O. The van der Waals surface area contributed by atoms with Crippen LogP contribution in [0.2, 0.25) is 0 Å². The fourth-order valence-electron chi connectivity index (χ4n) is 3.10. The Morgan fingerprint density at radius 3 is 2.60 bits per heavy atom. The van der Waals surface area contributed by atoms with Crippen molar-refractivity contribution in [3.63, 3.8) is 0 Å². The number of rotatable bonds is 2. The fourth-order valence-corrected chi connectivity index (χ4v) is 3.10. The van der Waals surface area contributed by atoms with E-state index in [1.807, 2.05) is 43.3 Å². The molecule has 2 aromatic carbocycles. The maximum absolute atomic E-state index is 9.94. The Bertz CT molecular complexity index is 1070. The van der Waals surface area contributed by atoms with E-state index >= 15 is 0 Å². The van der Waals surface area contributed by atoms with Crippen LogP contribution in [0.1, 0.15) is 5.56 Å². The number of aryl methyl sites for hydroxylation is 1. The molecule has 25 heavy (non-hydrogen) atoms. The van der Waals surface area contributed by atoms with E-state index in [0.717, 1.165) is 38.9 Å². The summed E-state index contributed by atoms with van der Waals surface area (Å²) in [5.41, 5.74) is 12.3. The predicted octanol–water partition coefficient (Wildman–Crippen LogP) is 4.56. The standard InChI is InChI=1S/C21H17N3O/c1-13-9-15(11-16(25)10-13)21-17(3-2-7-24-21)14-4-5-20-18(12-14)19(22)6-8-23-20/h2-12,25H,1H3,(H2,22,23). The lowest BCUT2D eigenvalue weighted by atomic mass is 9.97. The van der Waals surface area contributed by atoms with Crippen LogP contribution in [-0.4, -0.2) is 15.1 Å². The molecule has 0 radical (unpaired) electrons. The molecule has 0 aliphatic carbocycles. The molecule has 2 heterocycles. The molecule has 0 saturated heterocycles. The Labute approximate surface area is 145 Å². The highest BCUT2D eigenvalue weighted by atomic mass is 16.3. The predicted molar refractivity (Wildman–Crippen MR) is 101 cm³/mol. The molecule has 4 nitrogen and oxygen atoms in total. The van der Waals surface area contributed by atoms with Crippen LogP contribution in [-0.2, 0) is 0 Å². The van der Waals surface area contributed by atoms with Crippen molar-refractivity contribution in [2.45, 2.75) is 6.92 Å². The lowest BCUT2D eigenvalue weighted by Gasteiger charge is -2.11. The van der Waals surface area contributed by atoms with Crippen LogP contribution >= 0.6 is 0 Å². The number of hydrogen-bond acceptors (Lipinski definition) is 4. The fraction of sp³-hybridized carbons (Fsp3) is 0.0476. The summed E-state index contributed by atoms with van der Waals surface area (Å²) >= 11 is 0. The van der Waals surface area contributed by atoms with E-state index in [0.29, 0.717) is 5.69 Å². The van der Waals surface area contributed by atoms with Gasteiger partial charge in [0, 0.05) is 34.6 Å². The summed E-state index contributed by atoms with van der Waals surface area (Å²) in [4.78, 5) is 8.90. The molecule has 4 rings (SSSR count). The van der Waals surface area contributed by atoms with Gasteiger partial charge in [0.2, 0.25) is 0 Å². The molecule has 4 heteroatoms. The second kappa shape index (κ2) is 5.91. The Hall–Kier alpha value is -3.40. The first kappa shape index (κ1) is 15.1. The van der Waals surface area contributed by atoms with Crippen LogP contribution in [0, 0.1) is 6.92 Å². The number of anilines is 1. The number of nitrogens with zero attached hydrogens (tertiary/aromatic N) is 2. The molecule has 0 amide bonds. The van der Waals surface area contributed by atoms with E-state index in [4.69, 9.17) is 5.73 Å². The van der Waals surface area contributed by atoms with E-state index in [1.165, 1.54) is 0 Å². The van der Waals surface area contributed by atoms with Gasteiger partial charge in [0.05, 0.1) is 11.2 Å². The van der Waals surface area contributed by atoms with Gasteiger partial charge in [0.15, 0.2) is 0 Å². The number of benzene rings is 2. The van der Waals surface area contributed by atoms with Crippen LogP contribution in [0.3, 0.4) is 0 Å². The van der Waals surface area contributed by atoms with Crippen molar-refractivity contribution in [2.75, 3.05) is 5.73 Å². The Kier molecular flexibility index (Phi) is 3.58. The first-order valence-corrected chi connectivity index (χ1v) is 8.02. The molecule has 2 aromatic heterocycles. The van der Waals surface area contributed by atoms with Crippen LogP contribution in [0.25, 0.3) is 33.3 Å². The van der Waals surface area contributed by atoms with Crippen LogP contribution in [0.15, 0.2) is 67.0 Å². The van der Waals surface area contributed by atoms with Gasteiger partial charge in [-0.25, -0.2) is 0 Å². The highest BCUT2D eigenvalue weighted by Crippen LogP contribution is 2.34. The van der Waals surface area contributed by atoms with Gasteiger partial charge < -0.3 is 10.8 Å². The van der Waals surface area contributed by atoms with Crippen LogP contribution in [0.5, 0.6) is 5.75 Å². The summed E-state index contributed by atoms with van der Waals surface area (Å²) in [5.74, 6) is 0.235. The number of pyridine rings is 2. The molecule has 0 bridgehead atoms. The SMILES string of the molecule is Cc1cc(O)cc(-c2ncccc2-c2ccc3nccc(N)c3c2)c1. The number of nitrogen functional groups attached to an aromatic ring is 1. The normalized spacial score (nSPS) is 10.9. The highest BCUT2D eigenvalue weighted by molar-refractivity contribution is 5.94. The number of nitrogens with two attached hydrogens (primary N) is 1. The maximum atomic E-state index is 9.94. The summed E-state index contributed by atoms with van der Waals surface area (Å²) < 4.78 is 0. The average molecular weight is 327 g/mol. The minimum Gasteiger partial charge on any atom is -0.508 e. The third-order valence-corrected chi connectivity index (χ3v) is 4.23. The number of phenols is 1. The third-order valence-electron chi connectivity index (χ3n) is 4.23. The second-order valence-corrected chi connectivity index (χ2v) is 6.09. The molecule has 0 atom stereocenters. The monoisotopic (exact) mass is 327 g/mol. The van der Waals surface area contributed by atoms with E-state index in [9.17, 15) is 5.11 Å². The Balaban J connectivity index is 1.94. The molecule has 0 aliphatic rings. The smallest absolute Gasteiger partial charge is 0.116 e. The first-order valence-electron chi connectivity index (χ1n) is 8.02. The van der Waals surface area contributed by atoms with Gasteiger partial charge in [0.1, 0.15) is 5.75 Å². The summed E-state index contributed by atoms with van der Waals surface area (Å²) in [6.07, 6.45) is 3.47. The van der Waals surface area contributed by atoms with Crippen LogP contribution in [0.4, 0.5) is 5.69 Å². The summed E-state index contributed by atoms with van der Waals surface area (Å²) in [7, 11) is 0. The van der Waals surface area contributed by atoms with E-state index in [2.05, 4.69) is 9.97 Å². The maximum Gasteiger partial charge on any atom is 0.116 e. The minimum absolute atomic E-state index is 0.235. The summed E-state index contributed by atoms with van der Waals surface area (Å²) in [5, 5.41) is 10.9. The lowest BCUT2D eigenvalue weighted by Crippen LogP contribution is -1.92. The average Bonchev–Trinajstić information content (AvgIpc) is 2.61. The van der Waals surface area contributed by atoms with Crippen LogP contribution < -0.4 is 5.73 Å². The van der Waals surface area contributed by atoms with Crippen molar-refractivity contribution < 1.29 is 5.11 Å². The molecule has 0 spiro atoms. The molecule has 122 valence electrons. The van der Waals surface area contributed by atoms with Crippen molar-refractivity contribution in [2.24, 2.45) is 0 Å². The van der Waals surface area contributed by atoms with Gasteiger partial charge in [-0.3, -0.25) is 9.97 Å². The van der Waals surface area contributed by atoms with E-state index in [-0.39, 0.29) is 5.75 Å². The number of fused-ring (bicyclic) bond motifs is 1. The molecule has 3 N–H and O–H groups in total. The van der Waals surface area contributed by atoms with Crippen molar-refractivity contribution in [3.05, 3.63) is 72.6 Å². The molecule has 0 unspecified atom stereocenters. The molecule has 0 saturated carbocycles. The Morgan fingerprint density at radius 2 is 1.76 bits per heavy atom. The topological polar surface area (TPSA) is 72.0 Å². The van der Waals surface area contributed by atoms with Crippen molar-refractivity contribution >= 4 is 16.6 Å². The summed E-state index contributed by atoms with van der Waals surface area (Å²) in [6.45, 7) is 1.95. The number of hydrogen-bond donors (Lipinski definition) is 2. The number of aromatic hydroxyl groups is 1. The van der Waals surface area contributed by atoms with Gasteiger partial charge in [-0.05, 0) is 60.5 Å². The van der Waals surface area contributed by atoms with Gasteiger partial charge in [-0.2, -0.15) is 0 Å². The summed E-state index contributed by atoms with van der Waals surface area (Å²) in [6, 6.07) is 17.2. The molecule has 0 fully saturated rings. The first-order chi connectivity index (χ1) is 12.1. The van der Waals surface area contributed by atoms with Gasteiger partial charge in [-0.1, -0.05) is 12.1 Å². The molecule has 0 aliphatic heterocycles. The second-order valence-electron chi connectivity index (χ2n) is 6.09. The molecule has 4 aromatic rings. The quantitative estimate of drug-likeness (QED) is 0.566. The molecular weight excluding hydrogens is 310 g/mol. The zero-order chi connectivity index (χ0) is 17.4. The zero-order valence-electron chi connectivity index (χ0n) is 13.8. The largest absolute Gasteiger partial charge is 0.508 e. The highest BCUT2D eigenvalue weighted by Gasteiger charge is 2.11. The van der Waals surface area contributed by atoms with Gasteiger partial charge >= 0.3 is 0 Å². The third kappa shape index (κ3) is 2.78. The Morgan fingerprint density at radius 1 is 0.880 bits per heavy atom. The van der Waals surface area contributed by atoms with E-state index in [1.54, 1.807) is 30.6 Å². The number of phenolic OH excluding ortho intramolecular Hbond substituents is 1. The van der Waals surface area contributed by atoms with E-state index < -0.39 is 0 Å². The van der Waals surface area contributed by atoms with Crippen molar-refractivity contribution in [1.82, 2.24) is 9.97 Å². The lowest BCUT2D eigenvalue weighted by molar-refractivity contribution is 0.475. The van der Waals surface area contributed by atoms with Crippen molar-refractivity contribution in [1.29, 1.82) is 0 Å². The van der Waals surface area contributed by atoms with Gasteiger partial charge in [0.25, 0.3) is 0 Å². The van der Waals surface area contributed by atoms with Crippen molar-refractivity contribution in [3.8, 4) is 28.1 Å². The number of aromatic nitrogens is 2. The minimum atomic E-state index is 0.235. The van der Waals surface area contributed by atoms with Gasteiger partial charge in [-0.15, -0.1) is 0 Å².